The van der Waals surface area contributed by atoms with Gasteiger partial charge in [0.15, 0.2) is 0 Å². The van der Waals surface area contributed by atoms with E-state index in [0.717, 1.165) is 25.1 Å². The van der Waals surface area contributed by atoms with Crippen molar-refractivity contribution < 1.29 is 8.42 Å². The number of aromatic amines is 1. The predicted octanol–water partition coefficient (Wildman–Crippen LogP) is 2.45. The van der Waals surface area contributed by atoms with E-state index in [-0.39, 0.29) is 10.5 Å². The molecule has 0 amide bonds. The Balaban J connectivity index is 1.70. The molecule has 1 aromatic heterocycles. The molecule has 4 rings (SSSR count). The molecule has 2 aromatic rings. The maximum absolute atomic E-state index is 13.3. The Hall–Kier alpha value is -2.03. The molecule has 156 valence electrons. The Bertz CT molecular complexity index is 1030. The van der Waals surface area contributed by atoms with Crippen molar-refractivity contribution in [2.45, 2.75) is 63.1 Å². The first kappa shape index (κ1) is 20.3. The summed E-state index contributed by atoms with van der Waals surface area (Å²) in [6.07, 6.45) is 3.09. The van der Waals surface area contributed by atoms with E-state index >= 15 is 0 Å². The second kappa shape index (κ2) is 8.01. The molecule has 1 saturated heterocycles. The van der Waals surface area contributed by atoms with Gasteiger partial charge in [-0.15, -0.1) is 0 Å². The van der Waals surface area contributed by atoms with E-state index in [1.165, 1.54) is 4.31 Å². The fourth-order valence-corrected chi connectivity index (χ4v) is 5.94. The van der Waals surface area contributed by atoms with Gasteiger partial charge in [-0.1, -0.05) is 24.6 Å². The maximum Gasteiger partial charge on any atom is 0.255 e. The Morgan fingerprint density at radius 1 is 1.14 bits per heavy atom. The zero-order chi connectivity index (χ0) is 20.6. The van der Waals surface area contributed by atoms with Crippen LogP contribution in [0.4, 0.5) is 0 Å². The lowest BCUT2D eigenvalue weighted by atomic mass is 10.0. The second-order valence-electron chi connectivity index (χ2n) is 8.13. The number of rotatable bonds is 4. The van der Waals surface area contributed by atoms with Crippen molar-refractivity contribution in [1.82, 2.24) is 19.2 Å². The minimum Gasteiger partial charge on any atom is -0.309 e. The van der Waals surface area contributed by atoms with Crippen molar-refractivity contribution in [1.29, 1.82) is 0 Å². The molecular formula is C21H28N4O3S. The number of aromatic nitrogens is 2. The van der Waals surface area contributed by atoms with Crippen LogP contribution in [0.3, 0.4) is 0 Å². The third kappa shape index (κ3) is 3.89. The molecule has 7 nitrogen and oxygen atoms in total. The molecule has 0 spiro atoms. The number of benzene rings is 1. The van der Waals surface area contributed by atoms with Gasteiger partial charge in [-0.3, -0.25) is 9.69 Å². The molecule has 8 heteroatoms. The lowest BCUT2D eigenvalue weighted by Gasteiger charge is -2.35. The lowest BCUT2D eigenvalue weighted by Crippen LogP contribution is -2.42. The van der Waals surface area contributed by atoms with Gasteiger partial charge in [-0.2, -0.15) is 4.31 Å². The molecule has 1 unspecified atom stereocenters. The van der Waals surface area contributed by atoms with Gasteiger partial charge in [0.1, 0.15) is 5.82 Å². The number of hydrogen-bond acceptors (Lipinski definition) is 5. The van der Waals surface area contributed by atoms with Crippen molar-refractivity contribution in [3.8, 4) is 0 Å². The second-order valence-corrected chi connectivity index (χ2v) is 10.0. The molecule has 2 aliphatic rings. The Labute approximate surface area is 171 Å². The van der Waals surface area contributed by atoms with Crippen molar-refractivity contribution in [2.24, 2.45) is 0 Å². The third-order valence-corrected chi connectivity index (χ3v) is 7.89. The minimum atomic E-state index is -3.65. The SMILES string of the molecule is CC(C)N1CCc2nc(C3CCCCN3S(=O)(=O)c3ccccc3)[nH]c(=O)c2C1. The molecule has 3 heterocycles. The number of fused-ring (bicyclic) bond motifs is 1. The Morgan fingerprint density at radius 3 is 2.62 bits per heavy atom. The number of sulfonamides is 1. The predicted molar refractivity (Wildman–Crippen MR) is 111 cm³/mol. The molecule has 1 aromatic carbocycles. The molecule has 0 bridgehead atoms. The Morgan fingerprint density at radius 2 is 1.90 bits per heavy atom. The van der Waals surface area contributed by atoms with Crippen LogP contribution >= 0.6 is 0 Å². The fraction of sp³-hybridized carbons (Fsp3) is 0.524. The molecule has 29 heavy (non-hydrogen) atoms. The van der Waals surface area contributed by atoms with Gasteiger partial charge in [0.05, 0.1) is 22.2 Å². The zero-order valence-corrected chi connectivity index (χ0v) is 17.8. The summed E-state index contributed by atoms with van der Waals surface area (Å²) in [7, 11) is -3.65. The quantitative estimate of drug-likeness (QED) is 0.827. The molecule has 0 saturated carbocycles. The first-order valence-corrected chi connectivity index (χ1v) is 11.7. The number of H-pyrrole nitrogens is 1. The van der Waals surface area contributed by atoms with E-state index in [2.05, 4.69) is 23.7 Å². The summed E-state index contributed by atoms with van der Waals surface area (Å²) in [4.78, 5) is 23.0. The molecule has 1 N–H and O–H groups in total. The highest BCUT2D eigenvalue weighted by atomic mass is 32.2. The fourth-order valence-electron chi connectivity index (χ4n) is 4.26. The van der Waals surface area contributed by atoms with E-state index in [1.807, 2.05) is 0 Å². The van der Waals surface area contributed by atoms with Crippen LogP contribution in [0.5, 0.6) is 0 Å². The van der Waals surface area contributed by atoms with E-state index in [4.69, 9.17) is 4.98 Å². The van der Waals surface area contributed by atoms with E-state index in [1.54, 1.807) is 30.3 Å². The van der Waals surface area contributed by atoms with Crippen LogP contribution < -0.4 is 5.56 Å². The zero-order valence-electron chi connectivity index (χ0n) is 17.0. The van der Waals surface area contributed by atoms with Crippen molar-refractivity contribution in [3.05, 3.63) is 57.8 Å². The average Bonchev–Trinajstić information content (AvgIpc) is 2.74. The van der Waals surface area contributed by atoms with Crippen molar-refractivity contribution in [2.75, 3.05) is 13.1 Å². The van der Waals surface area contributed by atoms with Crippen molar-refractivity contribution >= 4 is 10.0 Å². The first-order valence-electron chi connectivity index (χ1n) is 10.3. The summed E-state index contributed by atoms with van der Waals surface area (Å²) >= 11 is 0. The van der Waals surface area contributed by atoms with Crippen LogP contribution in [0.15, 0.2) is 40.0 Å². The van der Waals surface area contributed by atoms with E-state index in [9.17, 15) is 13.2 Å². The van der Waals surface area contributed by atoms with Crippen LogP contribution in [-0.4, -0.2) is 46.7 Å². The van der Waals surface area contributed by atoms with Crippen molar-refractivity contribution in [3.63, 3.8) is 0 Å². The van der Waals surface area contributed by atoms with Crippen LogP contribution in [0.2, 0.25) is 0 Å². The topological polar surface area (TPSA) is 86.4 Å². The first-order chi connectivity index (χ1) is 13.9. The van der Waals surface area contributed by atoms with Gasteiger partial charge in [-0.05, 0) is 38.8 Å². The van der Waals surface area contributed by atoms with Gasteiger partial charge in [0.2, 0.25) is 10.0 Å². The normalized spacial score (nSPS) is 21.3. The molecule has 0 aliphatic carbocycles. The molecule has 1 atom stereocenters. The molecule has 2 aliphatic heterocycles. The highest BCUT2D eigenvalue weighted by Gasteiger charge is 2.36. The van der Waals surface area contributed by atoms with Gasteiger partial charge in [-0.25, -0.2) is 13.4 Å². The smallest absolute Gasteiger partial charge is 0.255 e. The summed E-state index contributed by atoms with van der Waals surface area (Å²) in [6, 6.07) is 8.42. The van der Waals surface area contributed by atoms with Gasteiger partial charge in [0.25, 0.3) is 5.56 Å². The van der Waals surface area contributed by atoms with Crippen LogP contribution in [-0.2, 0) is 23.0 Å². The number of piperidine rings is 1. The lowest BCUT2D eigenvalue weighted by molar-refractivity contribution is 0.198. The summed E-state index contributed by atoms with van der Waals surface area (Å²) in [5, 5.41) is 0. The standard InChI is InChI=1S/C21H28N4O3S/c1-15(2)24-13-11-18-17(14-24)21(26)23-20(22-18)19-10-6-7-12-25(19)29(27,28)16-8-4-3-5-9-16/h3-5,8-9,15,19H,6-7,10-14H2,1-2H3,(H,22,23,26). The summed E-state index contributed by atoms with van der Waals surface area (Å²) in [5.41, 5.74) is 1.38. The van der Waals surface area contributed by atoms with Gasteiger partial charge >= 0.3 is 0 Å². The molecule has 0 radical (unpaired) electrons. The summed E-state index contributed by atoms with van der Waals surface area (Å²) < 4.78 is 28.0. The van der Waals surface area contributed by atoms with E-state index in [0.29, 0.717) is 43.4 Å². The van der Waals surface area contributed by atoms with Gasteiger partial charge in [0, 0.05) is 32.1 Å². The monoisotopic (exact) mass is 416 g/mol. The Kier molecular flexibility index (Phi) is 5.59. The highest BCUT2D eigenvalue weighted by molar-refractivity contribution is 7.89. The van der Waals surface area contributed by atoms with Gasteiger partial charge < -0.3 is 4.98 Å². The van der Waals surface area contributed by atoms with Crippen LogP contribution in [0.25, 0.3) is 0 Å². The van der Waals surface area contributed by atoms with Crippen LogP contribution in [0, 0.1) is 0 Å². The number of nitrogens with zero attached hydrogens (tertiary/aromatic N) is 3. The summed E-state index contributed by atoms with van der Waals surface area (Å²) in [5.74, 6) is 0.478. The minimum absolute atomic E-state index is 0.141. The number of nitrogens with one attached hydrogen (secondary N) is 1. The molecular weight excluding hydrogens is 388 g/mol. The highest BCUT2D eigenvalue weighted by Crippen LogP contribution is 2.34. The largest absolute Gasteiger partial charge is 0.309 e. The molecule has 1 fully saturated rings. The average molecular weight is 417 g/mol. The van der Waals surface area contributed by atoms with Crippen LogP contribution in [0.1, 0.15) is 56.2 Å². The summed E-state index contributed by atoms with van der Waals surface area (Å²) in [6.45, 7) is 6.12. The van der Waals surface area contributed by atoms with E-state index < -0.39 is 16.1 Å². The number of hydrogen-bond donors (Lipinski definition) is 1. The third-order valence-electron chi connectivity index (χ3n) is 5.97. The maximum atomic E-state index is 13.3.